The Morgan fingerprint density at radius 3 is 2.63 bits per heavy atom. The van der Waals surface area contributed by atoms with Crippen molar-refractivity contribution in [3.63, 3.8) is 0 Å². The molecule has 0 aliphatic carbocycles. The quantitative estimate of drug-likeness (QED) is 0.455. The summed E-state index contributed by atoms with van der Waals surface area (Å²) in [5, 5.41) is 17.4. The van der Waals surface area contributed by atoms with Crippen LogP contribution >= 0.6 is 23.1 Å². The summed E-state index contributed by atoms with van der Waals surface area (Å²) in [5.74, 6) is 0.374. The molecule has 0 bridgehead atoms. The van der Waals surface area contributed by atoms with Crippen LogP contribution in [0.25, 0.3) is 0 Å². The summed E-state index contributed by atoms with van der Waals surface area (Å²) in [7, 11) is 0. The van der Waals surface area contributed by atoms with Crippen molar-refractivity contribution in [2.45, 2.75) is 36.2 Å². The summed E-state index contributed by atoms with van der Waals surface area (Å²) in [4.78, 5) is 12.4. The minimum atomic E-state index is -4.74. The third-order valence-electron chi connectivity index (χ3n) is 3.53. The van der Waals surface area contributed by atoms with E-state index < -0.39 is 11.6 Å². The molecule has 0 radical (unpaired) electrons. The van der Waals surface area contributed by atoms with Crippen LogP contribution in [0.2, 0.25) is 0 Å². The van der Waals surface area contributed by atoms with Gasteiger partial charge in [0.25, 0.3) is 0 Å². The normalized spacial score (nSPS) is 12.4. The molecule has 0 saturated carbocycles. The molecule has 0 saturated heterocycles. The van der Waals surface area contributed by atoms with Gasteiger partial charge in [-0.3, -0.25) is 4.79 Å². The number of aryl methyl sites for hydroxylation is 1. The molecule has 0 spiro atoms. The second-order valence-electron chi connectivity index (χ2n) is 5.90. The number of hydrogen-bond acceptors (Lipinski definition) is 9. The van der Waals surface area contributed by atoms with E-state index in [9.17, 15) is 18.0 Å². The van der Waals surface area contributed by atoms with Crippen molar-refractivity contribution < 1.29 is 27.2 Å². The highest BCUT2D eigenvalue weighted by molar-refractivity contribution is 8.02. The van der Waals surface area contributed by atoms with E-state index in [-0.39, 0.29) is 11.7 Å². The number of benzene rings is 1. The average Bonchev–Trinajstić information content (AvgIpc) is 3.28. The number of carbonyl (C=O) groups excluding carboxylic acids is 1. The first-order valence-electron chi connectivity index (χ1n) is 8.59. The number of hydrogen-bond donors (Lipinski definition) is 2. The minimum absolute atomic E-state index is 0.235. The molecule has 1 unspecified atom stereocenters. The maximum absolute atomic E-state index is 12.4. The molecular weight excluding hydrogens is 443 g/mol. The van der Waals surface area contributed by atoms with Gasteiger partial charge in [0, 0.05) is 11.8 Å². The molecule has 0 fully saturated rings. The fraction of sp³-hybridized carbons (Fsp3) is 0.294. The van der Waals surface area contributed by atoms with E-state index in [1.807, 2.05) is 6.92 Å². The third-order valence-corrected chi connectivity index (χ3v) is 5.82. The maximum Gasteiger partial charge on any atom is 0.573 e. The minimum Gasteiger partial charge on any atom is -0.406 e. The number of nitrogens with zero attached hydrogens (tertiary/aromatic N) is 3. The van der Waals surface area contributed by atoms with Crippen LogP contribution in [0.4, 0.5) is 29.8 Å². The standard InChI is InChI=1S/C17H16F3N5O3S2/c1-3-12(14(26)22-13-8-9(2)28-25-13)29-16-24-23-15(30-16)21-10-4-6-11(7-5-10)27-17(18,19)20/h4-8,12H,3H2,1-2H3,(H,21,23)(H,22,25,26). The van der Waals surface area contributed by atoms with E-state index in [0.717, 1.165) is 0 Å². The Hall–Kier alpha value is -2.80. The molecule has 160 valence electrons. The van der Waals surface area contributed by atoms with Crippen molar-refractivity contribution in [3.8, 4) is 5.75 Å². The number of ether oxygens (including phenoxy) is 1. The first-order valence-corrected chi connectivity index (χ1v) is 10.3. The van der Waals surface area contributed by atoms with Gasteiger partial charge in [-0.05, 0) is 37.6 Å². The highest BCUT2D eigenvalue weighted by Crippen LogP contribution is 2.32. The predicted molar refractivity (Wildman–Crippen MR) is 106 cm³/mol. The molecule has 1 amide bonds. The number of nitrogens with one attached hydrogen (secondary N) is 2. The van der Waals surface area contributed by atoms with Crippen molar-refractivity contribution in [1.82, 2.24) is 15.4 Å². The number of rotatable bonds is 8. The molecule has 1 aromatic carbocycles. The Kier molecular flexibility index (Phi) is 6.82. The van der Waals surface area contributed by atoms with Gasteiger partial charge in [0.05, 0.1) is 5.25 Å². The molecule has 13 heteroatoms. The van der Waals surface area contributed by atoms with Crippen molar-refractivity contribution in [1.29, 1.82) is 0 Å². The summed E-state index contributed by atoms with van der Waals surface area (Å²) in [6.07, 6.45) is -4.19. The van der Waals surface area contributed by atoms with Crippen molar-refractivity contribution >= 4 is 45.6 Å². The predicted octanol–water partition coefficient (Wildman–Crippen LogP) is 4.99. The second-order valence-corrected chi connectivity index (χ2v) is 8.32. The highest BCUT2D eigenvalue weighted by Gasteiger charge is 2.31. The summed E-state index contributed by atoms with van der Waals surface area (Å²) < 4.78 is 46.0. The fourth-order valence-electron chi connectivity index (χ4n) is 2.25. The molecule has 1 atom stereocenters. The second kappa shape index (κ2) is 9.34. The van der Waals surface area contributed by atoms with Crippen molar-refractivity contribution in [2.24, 2.45) is 0 Å². The zero-order chi connectivity index (χ0) is 21.7. The number of carbonyl (C=O) groups is 1. The van der Waals surface area contributed by atoms with E-state index in [1.54, 1.807) is 13.0 Å². The lowest BCUT2D eigenvalue weighted by Crippen LogP contribution is -2.24. The largest absolute Gasteiger partial charge is 0.573 e. The zero-order valence-corrected chi connectivity index (χ0v) is 17.3. The Labute approximate surface area is 177 Å². The summed E-state index contributed by atoms with van der Waals surface area (Å²) >= 11 is 2.47. The first kappa shape index (κ1) is 21.9. The van der Waals surface area contributed by atoms with E-state index in [1.165, 1.54) is 47.4 Å². The third kappa shape index (κ3) is 6.35. The average molecular weight is 459 g/mol. The van der Waals surface area contributed by atoms with Crippen LogP contribution in [0.1, 0.15) is 19.1 Å². The first-order chi connectivity index (χ1) is 14.2. The molecule has 3 rings (SSSR count). The molecule has 0 aliphatic heterocycles. The molecule has 2 aromatic heterocycles. The Morgan fingerprint density at radius 2 is 2.03 bits per heavy atom. The molecular formula is C17H16F3N5O3S2. The lowest BCUT2D eigenvalue weighted by atomic mass is 10.3. The van der Waals surface area contributed by atoms with Gasteiger partial charge in [0.15, 0.2) is 10.2 Å². The monoisotopic (exact) mass is 459 g/mol. The van der Waals surface area contributed by atoms with Crippen LogP contribution in [0.5, 0.6) is 5.75 Å². The van der Waals surface area contributed by atoms with Gasteiger partial charge < -0.3 is 19.9 Å². The van der Waals surface area contributed by atoms with Gasteiger partial charge in [-0.1, -0.05) is 35.2 Å². The van der Waals surface area contributed by atoms with Gasteiger partial charge in [-0.2, -0.15) is 0 Å². The summed E-state index contributed by atoms with van der Waals surface area (Å²) in [6.45, 7) is 3.59. The van der Waals surface area contributed by atoms with E-state index in [4.69, 9.17) is 4.52 Å². The molecule has 3 aromatic rings. The molecule has 30 heavy (non-hydrogen) atoms. The van der Waals surface area contributed by atoms with Crippen molar-refractivity contribution in [2.75, 3.05) is 10.6 Å². The molecule has 2 heterocycles. The van der Waals surface area contributed by atoms with Crippen molar-refractivity contribution in [3.05, 3.63) is 36.1 Å². The number of halogens is 3. The smallest absolute Gasteiger partial charge is 0.406 e. The van der Waals surface area contributed by atoms with E-state index >= 15 is 0 Å². The number of amides is 1. The molecule has 0 aliphatic rings. The van der Waals surface area contributed by atoms with E-state index in [0.29, 0.717) is 33.2 Å². The fourth-order valence-corrected chi connectivity index (χ4v) is 4.19. The SMILES string of the molecule is CCC(Sc1nnc(Nc2ccc(OC(F)(F)F)cc2)s1)C(=O)Nc1cc(C)on1. The lowest BCUT2D eigenvalue weighted by Gasteiger charge is -2.11. The number of alkyl halides is 3. The Balaban J connectivity index is 1.57. The molecule has 8 nitrogen and oxygen atoms in total. The summed E-state index contributed by atoms with van der Waals surface area (Å²) in [6, 6.07) is 6.85. The van der Waals surface area contributed by atoms with Gasteiger partial charge in [-0.15, -0.1) is 23.4 Å². The number of aromatic nitrogens is 3. The maximum atomic E-state index is 12.4. The van der Waals surface area contributed by atoms with E-state index in [2.05, 4.69) is 30.7 Å². The highest BCUT2D eigenvalue weighted by atomic mass is 32.2. The van der Waals surface area contributed by atoms with Crippen LogP contribution in [0.3, 0.4) is 0 Å². The number of thioether (sulfide) groups is 1. The van der Waals surface area contributed by atoms with Crippen LogP contribution in [0.15, 0.2) is 39.2 Å². The van der Waals surface area contributed by atoms with Gasteiger partial charge in [0.1, 0.15) is 11.5 Å². The van der Waals surface area contributed by atoms with Crippen LogP contribution in [0, 0.1) is 6.92 Å². The topological polar surface area (TPSA) is 102 Å². The summed E-state index contributed by atoms with van der Waals surface area (Å²) in [5.41, 5.74) is 0.517. The Morgan fingerprint density at radius 1 is 1.30 bits per heavy atom. The zero-order valence-electron chi connectivity index (χ0n) is 15.7. The van der Waals surface area contributed by atoms with Crippen LogP contribution in [-0.4, -0.2) is 32.9 Å². The Bertz CT molecular complexity index is 991. The van der Waals surface area contributed by atoms with Gasteiger partial charge in [-0.25, -0.2) is 0 Å². The van der Waals surface area contributed by atoms with Crippen LogP contribution < -0.4 is 15.4 Å². The van der Waals surface area contributed by atoms with Crippen LogP contribution in [-0.2, 0) is 4.79 Å². The molecule has 2 N–H and O–H groups in total. The lowest BCUT2D eigenvalue weighted by molar-refractivity contribution is -0.274. The van der Waals surface area contributed by atoms with Gasteiger partial charge >= 0.3 is 6.36 Å². The van der Waals surface area contributed by atoms with Gasteiger partial charge in [0.2, 0.25) is 11.0 Å². The number of anilines is 3.